The van der Waals surface area contributed by atoms with Crippen molar-refractivity contribution in [3.63, 3.8) is 0 Å². The quantitative estimate of drug-likeness (QED) is 0.462. The van der Waals surface area contributed by atoms with E-state index >= 15 is 0 Å². The number of aryl methyl sites for hydroxylation is 2. The molecule has 2 heterocycles. The molecule has 1 fully saturated rings. The van der Waals surface area contributed by atoms with Gasteiger partial charge < -0.3 is 24.9 Å². The Hall–Kier alpha value is -1.57. The molecule has 2 rings (SSSR count). The second kappa shape index (κ2) is 10.3. The van der Waals surface area contributed by atoms with Crippen molar-refractivity contribution in [2.45, 2.75) is 53.2 Å². The van der Waals surface area contributed by atoms with Crippen molar-refractivity contribution >= 4 is 5.96 Å². The summed E-state index contributed by atoms with van der Waals surface area (Å²) in [6.07, 6.45) is 0.135. The van der Waals surface area contributed by atoms with E-state index in [1.54, 1.807) is 6.92 Å². The lowest BCUT2D eigenvalue weighted by Crippen LogP contribution is -2.50. The van der Waals surface area contributed by atoms with Gasteiger partial charge in [0.15, 0.2) is 5.96 Å². The number of nitrogens with one attached hydrogen (secondary N) is 2. The average Bonchev–Trinajstić information content (AvgIpc) is 2.96. The summed E-state index contributed by atoms with van der Waals surface area (Å²) in [5, 5.41) is 17.5. The van der Waals surface area contributed by atoms with Crippen molar-refractivity contribution in [1.82, 2.24) is 15.5 Å². The van der Waals surface area contributed by atoms with E-state index in [4.69, 9.17) is 9.15 Å². The lowest BCUT2D eigenvalue weighted by atomic mass is 9.96. The minimum Gasteiger partial charge on any atom is -0.466 e. The summed E-state index contributed by atoms with van der Waals surface area (Å²) in [5.41, 5.74) is -0.302. The van der Waals surface area contributed by atoms with Gasteiger partial charge in [-0.05, 0) is 39.7 Å². The lowest BCUT2D eigenvalue weighted by molar-refractivity contribution is -0.0284. The molecule has 2 atom stereocenters. The molecule has 0 aliphatic carbocycles. The Morgan fingerprint density at radius 3 is 2.75 bits per heavy atom. The Labute approximate surface area is 169 Å². The van der Waals surface area contributed by atoms with Crippen LogP contribution >= 0.6 is 0 Å². The third-order valence-electron chi connectivity index (χ3n) is 4.85. The van der Waals surface area contributed by atoms with Crippen molar-refractivity contribution in [2.24, 2.45) is 10.9 Å². The fourth-order valence-corrected chi connectivity index (χ4v) is 3.62. The number of hydrogen-bond acceptors (Lipinski definition) is 5. The molecular formula is C21H38N4O3. The minimum absolute atomic E-state index is 0.135. The molecule has 0 aromatic carbocycles. The molecule has 1 aromatic rings. The second-order valence-corrected chi connectivity index (χ2v) is 8.32. The zero-order valence-electron chi connectivity index (χ0n) is 18.3. The zero-order valence-corrected chi connectivity index (χ0v) is 18.3. The third-order valence-corrected chi connectivity index (χ3v) is 4.85. The third kappa shape index (κ3) is 6.79. The molecule has 1 aliphatic heterocycles. The standard InChI is InChI=1S/C21H38N4O3/c1-7-22-20(23-11-18-13-25(8-9-27-18)12-15(2)3)24-14-21(6,26)19-10-16(4)28-17(19)5/h10,15,18,26H,7-9,11-14H2,1-6H3,(H2,22,23,24). The first-order valence-corrected chi connectivity index (χ1v) is 10.4. The molecule has 0 bridgehead atoms. The van der Waals surface area contributed by atoms with Crippen molar-refractivity contribution in [2.75, 3.05) is 45.9 Å². The largest absolute Gasteiger partial charge is 0.466 e. The SMILES string of the molecule is CCNC(=NCC(C)(O)c1cc(C)oc1C)NCC1CN(CC(C)C)CCO1. The van der Waals surface area contributed by atoms with Gasteiger partial charge in [0, 0.05) is 38.3 Å². The van der Waals surface area contributed by atoms with E-state index in [0.717, 1.165) is 49.9 Å². The fraction of sp³-hybridized carbons (Fsp3) is 0.762. The number of guanidine groups is 1. The van der Waals surface area contributed by atoms with Gasteiger partial charge in [-0.1, -0.05) is 13.8 Å². The van der Waals surface area contributed by atoms with E-state index in [1.165, 1.54) is 0 Å². The summed E-state index contributed by atoms with van der Waals surface area (Å²) in [5.74, 6) is 2.87. The van der Waals surface area contributed by atoms with E-state index in [0.29, 0.717) is 18.4 Å². The van der Waals surface area contributed by atoms with Crippen LogP contribution in [0.2, 0.25) is 0 Å². The van der Waals surface area contributed by atoms with Crippen molar-refractivity contribution in [1.29, 1.82) is 0 Å². The van der Waals surface area contributed by atoms with Crippen LogP contribution in [0.15, 0.2) is 15.5 Å². The molecule has 0 saturated carbocycles. The molecule has 1 saturated heterocycles. The molecule has 1 aliphatic rings. The van der Waals surface area contributed by atoms with Crippen LogP contribution in [0.4, 0.5) is 0 Å². The number of aliphatic hydroxyl groups is 1. The van der Waals surface area contributed by atoms with Crippen LogP contribution in [0.5, 0.6) is 0 Å². The molecule has 0 spiro atoms. The monoisotopic (exact) mass is 394 g/mol. The molecule has 1 aromatic heterocycles. The fourth-order valence-electron chi connectivity index (χ4n) is 3.62. The minimum atomic E-state index is -1.08. The Kier molecular flexibility index (Phi) is 8.34. The Morgan fingerprint density at radius 2 is 2.14 bits per heavy atom. The molecular weight excluding hydrogens is 356 g/mol. The number of furan rings is 1. The normalized spacial score (nSPS) is 21.0. The van der Waals surface area contributed by atoms with Crippen molar-refractivity contribution in [3.8, 4) is 0 Å². The zero-order chi connectivity index (χ0) is 20.7. The molecule has 2 unspecified atom stereocenters. The molecule has 3 N–H and O–H groups in total. The smallest absolute Gasteiger partial charge is 0.191 e. The molecule has 7 nitrogen and oxygen atoms in total. The highest BCUT2D eigenvalue weighted by Gasteiger charge is 2.28. The Balaban J connectivity index is 1.94. The topological polar surface area (TPSA) is 82.3 Å². The maximum absolute atomic E-state index is 10.9. The van der Waals surface area contributed by atoms with Gasteiger partial charge in [-0.15, -0.1) is 0 Å². The van der Waals surface area contributed by atoms with E-state index in [9.17, 15) is 5.11 Å². The van der Waals surface area contributed by atoms with Crippen LogP contribution in [0.25, 0.3) is 0 Å². The molecule has 0 radical (unpaired) electrons. The van der Waals surface area contributed by atoms with Crippen LogP contribution in [0.3, 0.4) is 0 Å². The first-order chi connectivity index (χ1) is 13.2. The molecule has 7 heteroatoms. The first kappa shape index (κ1) is 22.7. The van der Waals surface area contributed by atoms with Crippen molar-refractivity contribution in [3.05, 3.63) is 23.2 Å². The highest BCUT2D eigenvalue weighted by atomic mass is 16.5. The summed E-state index contributed by atoms with van der Waals surface area (Å²) < 4.78 is 11.5. The van der Waals surface area contributed by atoms with Crippen LogP contribution in [-0.2, 0) is 10.3 Å². The summed E-state index contributed by atoms with van der Waals surface area (Å²) >= 11 is 0. The van der Waals surface area contributed by atoms with Gasteiger partial charge >= 0.3 is 0 Å². The summed E-state index contributed by atoms with van der Waals surface area (Å²) in [6, 6.07) is 1.88. The second-order valence-electron chi connectivity index (χ2n) is 8.32. The first-order valence-electron chi connectivity index (χ1n) is 10.4. The van der Waals surface area contributed by atoms with E-state index < -0.39 is 5.60 Å². The summed E-state index contributed by atoms with van der Waals surface area (Å²) in [7, 11) is 0. The number of morpholine rings is 1. The average molecular weight is 395 g/mol. The van der Waals surface area contributed by atoms with Gasteiger partial charge in [0.2, 0.25) is 0 Å². The van der Waals surface area contributed by atoms with Crippen molar-refractivity contribution < 1.29 is 14.3 Å². The van der Waals surface area contributed by atoms with E-state index in [-0.39, 0.29) is 12.6 Å². The van der Waals surface area contributed by atoms with Gasteiger partial charge in [0.05, 0.1) is 19.3 Å². The van der Waals surface area contributed by atoms with Crippen LogP contribution in [-0.4, -0.2) is 67.9 Å². The summed E-state index contributed by atoms with van der Waals surface area (Å²) in [6.45, 7) is 17.5. The number of ether oxygens (including phenoxy) is 1. The maximum atomic E-state index is 10.9. The highest BCUT2D eigenvalue weighted by molar-refractivity contribution is 5.79. The molecule has 28 heavy (non-hydrogen) atoms. The number of rotatable bonds is 8. The Bertz CT molecular complexity index is 640. The van der Waals surface area contributed by atoms with Gasteiger partial charge in [-0.2, -0.15) is 0 Å². The van der Waals surface area contributed by atoms with Gasteiger partial charge in [-0.3, -0.25) is 4.90 Å². The van der Waals surface area contributed by atoms with Gasteiger partial charge in [0.1, 0.15) is 17.1 Å². The van der Waals surface area contributed by atoms with E-state index in [1.807, 2.05) is 26.8 Å². The van der Waals surface area contributed by atoms with Crippen LogP contribution in [0, 0.1) is 19.8 Å². The van der Waals surface area contributed by atoms with Gasteiger partial charge in [-0.25, -0.2) is 4.99 Å². The maximum Gasteiger partial charge on any atom is 0.191 e. The number of hydrogen-bond donors (Lipinski definition) is 3. The highest BCUT2D eigenvalue weighted by Crippen LogP contribution is 2.27. The molecule has 0 amide bonds. The van der Waals surface area contributed by atoms with E-state index in [2.05, 4.69) is 34.4 Å². The molecule has 160 valence electrons. The summed E-state index contributed by atoms with van der Waals surface area (Å²) in [4.78, 5) is 7.06. The lowest BCUT2D eigenvalue weighted by Gasteiger charge is -2.34. The van der Waals surface area contributed by atoms with Gasteiger partial charge in [0.25, 0.3) is 0 Å². The van der Waals surface area contributed by atoms with Crippen LogP contribution < -0.4 is 10.6 Å². The Morgan fingerprint density at radius 1 is 1.39 bits per heavy atom. The van der Waals surface area contributed by atoms with Crippen LogP contribution in [0.1, 0.15) is 44.8 Å². The number of nitrogens with zero attached hydrogens (tertiary/aromatic N) is 2. The predicted octanol–water partition coefficient (Wildman–Crippen LogP) is 2.02. The number of aliphatic imine (C=N–C) groups is 1. The predicted molar refractivity (Wildman–Crippen MR) is 113 cm³/mol.